The SMILES string of the molecule is COC(=O)c1c(N)c(C#N)cn1-c1cc(Cl)c(OC)cc1Br. The predicted octanol–water partition coefficient (Wildman–Crippen LogP) is 3.14. The highest BCUT2D eigenvalue weighted by Crippen LogP contribution is 2.35. The lowest BCUT2D eigenvalue weighted by atomic mass is 10.2. The molecule has 0 fully saturated rings. The van der Waals surface area contributed by atoms with E-state index < -0.39 is 5.97 Å². The minimum Gasteiger partial charge on any atom is -0.495 e. The smallest absolute Gasteiger partial charge is 0.357 e. The number of hydrogen-bond acceptors (Lipinski definition) is 5. The number of ether oxygens (including phenoxy) is 2. The lowest BCUT2D eigenvalue weighted by Gasteiger charge is -2.12. The first-order valence-electron chi connectivity index (χ1n) is 5.97. The Morgan fingerprint density at radius 2 is 2.14 bits per heavy atom. The third-order valence-corrected chi connectivity index (χ3v) is 3.95. The molecule has 0 aliphatic carbocycles. The summed E-state index contributed by atoms with van der Waals surface area (Å²) >= 11 is 9.51. The van der Waals surface area contributed by atoms with Gasteiger partial charge in [-0.15, -0.1) is 0 Å². The second-order valence-electron chi connectivity index (χ2n) is 4.22. The average molecular weight is 385 g/mol. The molecule has 2 aromatic rings. The first-order chi connectivity index (χ1) is 10.4. The number of nitrogens with zero attached hydrogens (tertiary/aromatic N) is 2. The summed E-state index contributed by atoms with van der Waals surface area (Å²) in [4.78, 5) is 12.0. The molecular weight excluding hydrogens is 374 g/mol. The van der Waals surface area contributed by atoms with Crippen LogP contribution in [0.15, 0.2) is 22.8 Å². The van der Waals surface area contributed by atoms with Crippen LogP contribution in [0.25, 0.3) is 5.69 Å². The van der Waals surface area contributed by atoms with Crippen LogP contribution >= 0.6 is 27.5 Å². The van der Waals surface area contributed by atoms with E-state index in [9.17, 15) is 4.79 Å². The maximum Gasteiger partial charge on any atom is 0.357 e. The second-order valence-corrected chi connectivity index (χ2v) is 5.48. The van der Waals surface area contributed by atoms with Crippen LogP contribution in [0.5, 0.6) is 5.75 Å². The number of carbonyl (C=O) groups is 1. The van der Waals surface area contributed by atoms with Gasteiger partial charge in [0.2, 0.25) is 0 Å². The number of methoxy groups -OCH3 is 2. The lowest BCUT2D eigenvalue weighted by molar-refractivity contribution is 0.0593. The molecule has 0 aliphatic heterocycles. The molecule has 8 heteroatoms. The topological polar surface area (TPSA) is 90.3 Å². The Morgan fingerprint density at radius 3 is 2.68 bits per heavy atom. The van der Waals surface area contributed by atoms with Crippen LogP contribution in [0.3, 0.4) is 0 Å². The highest BCUT2D eigenvalue weighted by molar-refractivity contribution is 9.10. The Bertz CT molecular complexity index is 796. The molecule has 1 heterocycles. The van der Waals surface area contributed by atoms with Crippen molar-refractivity contribution in [1.29, 1.82) is 5.26 Å². The van der Waals surface area contributed by atoms with Gasteiger partial charge in [-0.1, -0.05) is 11.6 Å². The summed E-state index contributed by atoms with van der Waals surface area (Å²) in [6.45, 7) is 0. The molecule has 0 aliphatic rings. The number of esters is 1. The third kappa shape index (κ3) is 2.63. The normalized spacial score (nSPS) is 10.1. The van der Waals surface area contributed by atoms with Gasteiger partial charge in [-0.3, -0.25) is 0 Å². The summed E-state index contributed by atoms with van der Waals surface area (Å²) in [5.74, 6) is -0.185. The molecule has 22 heavy (non-hydrogen) atoms. The zero-order valence-corrected chi connectivity index (χ0v) is 14.0. The van der Waals surface area contributed by atoms with Crippen molar-refractivity contribution in [2.24, 2.45) is 0 Å². The molecule has 0 atom stereocenters. The molecule has 0 saturated heterocycles. The van der Waals surface area contributed by atoms with Crippen LogP contribution in [-0.4, -0.2) is 24.8 Å². The molecule has 0 radical (unpaired) electrons. The molecule has 0 saturated carbocycles. The zero-order valence-electron chi connectivity index (χ0n) is 11.7. The Balaban J connectivity index is 2.75. The van der Waals surface area contributed by atoms with Crippen molar-refractivity contribution < 1.29 is 14.3 Å². The minimum atomic E-state index is -0.655. The number of anilines is 1. The number of carbonyl (C=O) groups excluding carboxylic acids is 1. The molecule has 1 aromatic heterocycles. The number of hydrogen-bond donors (Lipinski definition) is 1. The fraction of sp³-hybridized carbons (Fsp3) is 0.143. The van der Waals surface area contributed by atoms with Crippen LogP contribution in [0.1, 0.15) is 16.1 Å². The summed E-state index contributed by atoms with van der Waals surface area (Å²) in [5, 5.41) is 9.46. The molecule has 1 aromatic carbocycles. The van der Waals surface area contributed by atoms with Gasteiger partial charge in [0.15, 0.2) is 5.69 Å². The Hall–Kier alpha value is -2.17. The van der Waals surface area contributed by atoms with E-state index in [0.717, 1.165) is 0 Å². The number of rotatable bonds is 3. The quantitative estimate of drug-likeness (QED) is 0.821. The van der Waals surface area contributed by atoms with E-state index in [0.29, 0.717) is 20.9 Å². The summed E-state index contributed by atoms with van der Waals surface area (Å²) in [6, 6.07) is 5.18. The number of aromatic nitrogens is 1. The van der Waals surface area contributed by atoms with Crippen molar-refractivity contribution in [2.75, 3.05) is 20.0 Å². The molecule has 114 valence electrons. The van der Waals surface area contributed by atoms with E-state index in [1.165, 1.54) is 25.0 Å². The van der Waals surface area contributed by atoms with E-state index in [1.807, 2.05) is 6.07 Å². The van der Waals surface area contributed by atoms with E-state index in [2.05, 4.69) is 15.9 Å². The van der Waals surface area contributed by atoms with Crippen LogP contribution < -0.4 is 10.5 Å². The minimum absolute atomic E-state index is 0.0493. The van der Waals surface area contributed by atoms with Gasteiger partial charge in [-0.25, -0.2) is 4.79 Å². The van der Waals surface area contributed by atoms with Crippen LogP contribution in [-0.2, 0) is 4.74 Å². The third-order valence-electron chi connectivity index (χ3n) is 3.02. The van der Waals surface area contributed by atoms with Gasteiger partial charge in [0, 0.05) is 10.7 Å². The van der Waals surface area contributed by atoms with E-state index in [1.54, 1.807) is 12.1 Å². The molecule has 0 bridgehead atoms. The summed E-state index contributed by atoms with van der Waals surface area (Å²) in [7, 11) is 2.73. The Labute approximate surface area is 140 Å². The molecule has 0 unspecified atom stereocenters. The first-order valence-corrected chi connectivity index (χ1v) is 7.14. The number of benzene rings is 1. The predicted molar refractivity (Wildman–Crippen MR) is 85.5 cm³/mol. The standard InChI is InChI=1S/C14H11BrClN3O3/c1-21-11-3-8(15)10(4-9(11)16)19-6-7(5-17)12(18)13(19)14(20)22-2/h3-4,6H,18H2,1-2H3. The van der Waals surface area contributed by atoms with Gasteiger partial charge in [-0.2, -0.15) is 5.26 Å². The average Bonchev–Trinajstić information content (AvgIpc) is 2.84. The van der Waals surface area contributed by atoms with E-state index in [4.69, 9.17) is 32.1 Å². The van der Waals surface area contributed by atoms with Crippen molar-refractivity contribution in [2.45, 2.75) is 0 Å². The van der Waals surface area contributed by atoms with Gasteiger partial charge < -0.3 is 19.8 Å². The highest BCUT2D eigenvalue weighted by atomic mass is 79.9. The molecule has 2 N–H and O–H groups in total. The molecular formula is C14H11BrClN3O3. The molecule has 6 nitrogen and oxygen atoms in total. The fourth-order valence-electron chi connectivity index (χ4n) is 1.96. The van der Waals surface area contributed by atoms with Crippen LogP contribution in [0, 0.1) is 11.3 Å². The number of nitrogens with two attached hydrogens (primary N) is 1. The Morgan fingerprint density at radius 1 is 1.45 bits per heavy atom. The monoisotopic (exact) mass is 383 g/mol. The van der Waals surface area contributed by atoms with Gasteiger partial charge in [0.1, 0.15) is 11.8 Å². The van der Waals surface area contributed by atoms with Crippen molar-refractivity contribution >= 4 is 39.2 Å². The van der Waals surface area contributed by atoms with Crippen molar-refractivity contribution in [3.05, 3.63) is 39.1 Å². The van der Waals surface area contributed by atoms with E-state index in [-0.39, 0.29) is 16.9 Å². The largest absolute Gasteiger partial charge is 0.495 e. The fourth-order valence-corrected chi connectivity index (χ4v) is 2.71. The number of halogens is 2. The van der Waals surface area contributed by atoms with Crippen molar-refractivity contribution in [3.8, 4) is 17.5 Å². The summed E-state index contributed by atoms with van der Waals surface area (Å²) in [6.07, 6.45) is 1.45. The van der Waals surface area contributed by atoms with Gasteiger partial charge in [0.25, 0.3) is 0 Å². The number of nitrogen functional groups attached to an aromatic ring is 1. The van der Waals surface area contributed by atoms with Gasteiger partial charge in [0.05, 0.1) is 36.2 Å². The number of nitriles is 1. The summed E-state index contributed by atoms with van der Waals surface area (Å²) < 4.78 is 11.9. The van der Waals surface area contributed by atoms with Crippen LogP contribution in [0.2, 0.25) is 5.02 Å². The molecule has 2 rings (SSSR count). The van der Waals surface area contributed by atoms with Gasteiger partial charge >= 0.3 is 5.97 Å². The zero-order chi connectivity index (χ0) is 16.4. The summed E-state index contributed by atoms with van der Waals surface area (Å²) in [5.41, 5.74) is 6.65. The van der Waals surface area contributed by atoms with E-state index >= 15 is 0 Å². The van der Waals surface area contributed by atoms with Crippen LogP contribution in [0.4, 0.5) is 5.69 Å². The van der Waals surface area contributed by atoms with Crippen molar-refractivity contribution in [1.82, 2.24) is 4.57 Å². The lowest BCUT2D eigenvalue weighted by Crippen LogP contribution is -2.11. The Kier molecular flexibility index (Phi) is 4.64. The van der Waals surface area contributed by atoms with Crippen molar-refractivity contribution in [3.63, 3.8) is 0 Å². The van der Waals surface area contributed by atoms with Gasteiger partial charge in [-0.05, 0) is 28.1 Å². The molecule has 0 amide bonds. The second kappa shape index (κ2) is 6.30. The first kappa shape index (κ1) is 16.2. The highest BCUT2D eigenvalue weighted by Gasteiger charge is 2.23. The maximum atomic E-state index is 12.0. The maximum absolute atomic E-state index is 12.0. The molecule has 0 spiro atoms.